The highest BCUT2D eigenvalue weighted by Crippen LogP contribution is 2.22. The smallest absolute Gasteiger partial charge is 0.255 e. The van der Waals surface area contributed by atoms with Crippen LogP contribution in [0.1, 0.15) is 10.4 Å². The lowest BCUT2D eigenvalue weighted by atomic mass is 10.2. The molecule has 3 nitrogen and oxygen atoms in total. The number of nitrogens with one attached hydrogen (secondary N) is 1. The van der Waals surface area contributed by atoms with Gasteiger partial charge in [0.1, 0.15) is 0 Å². The van der Waals surface area contributed by atoms with Gasteiger partial charge in [-0.25, -0.2) is 4.39 Å². The van der Waals surface area contributed by atoms with Gasteiger partial charge in [0.15, 0.2) is 11.6 Å². The lowest BCUT2D eigenvalue weighted by Gasteiger charge is -2.08. The van der Waals surface area contributed by atoms with Gasteiger partial charge in [-0.2, -0.15) is 0 Å². The molecule has 0 radical (unpaired) electrons. The van der Waals surface area contributed by atoms with Gasteiger partial charge in [-0.1, -0.05) is 23.7 Å². The summed E-state index contributed by atoms with van der Waals surface area (Å²) in [5.41, 5.74) is 0.670. The number of para-hydroxylation sites is 1. The number of hydrogen-bond donors (Lipinski definition) is 1. The van der Waals surface area contributed by atoms with Crippen molar-refractivity contribution in [2.75, 3.05) is 12.4 Å². The molecule has 0 fully saturated rings. The molecule has 0 atom stereocenters. The van der Waals surface area contributed by atoms with Crippen LogP contribution in [0.25, 0.3) is 0 Å². The summed E-state index contributed by atoms with van der Waals surface area (Å²) in [5, 5.41) is 3.03. The Morgan fingerprint density at radius 2 is 2.00 bits per heavy atom. The fourth-order valence-corrected chi connectivity index (χ4v) is 1.75. The third-order valence-corrected chi connectivity index (χ3v) is 2.87. The van der Waals surface area contributed by atoms with E-state index < -0.39 is 11.7 Å². The minimum Gasteiger partial charge on any atom is -0.494 e. The summed E-state index contributed by atoms with van der Waals surface area (Å²) in [6.07, 6.45) is 0. The number of ether oxygens (including phenoxy) is 1. The van der Waals surface area contributed by atoms with Gasteiger partial charge in [-0.3, -0.25) is 4.79 Å². The maximum absolute atomic E-state index is 13.5. The van der Waals surface area contributed by atoms with Crippen LogP contribution in [-0.4, -0.2) is 13.0 Å². The summed E-state index contributed by atoms with van der Waals surface area (Å²) in [4.78, 5) is 11.9. The number of hydrogen-bond acceptors (Lipinski definition) is 2. The Hall–Kier alpha value is -2.07. The zero-order valence-electron chi connectivity index (χ0n) is 10.1. The SMILES string of the molecule is COc1ccc(C(=O)Nc2ccccc2Cl)cc1F. The van der Waals surface area contributed by atoms with Gasteiger partial charge in [0, 0.05) is 5.56 Å². The van der Waals surface area contributed by atoms with Crippen LogP contribution >= 0.6 is 11.6 Å². The van der Waals surface area contributed by atoms with Crippen molar-refractivity contribution in [2.45, 2.75) is 0 Å². The molecular weight excluding hydrogens is 269 g/mol. The van der Waals surface area contributed by atoms with Crippen LogP contribution in [0.5, 0.6) is 5.75 Å². The van der Waals surface area contributed by atoms with Crippen LogP contribution in [0.15, 0.2) is 42.5 Å². The lowest BCUT2D eigenvalue weighted by molar-refractivity contribution is 0.102. The van der Waals surface area contributed by atoms with E-state index in [9.17, 15) is 9.18 Å². The molecular formula is C14H11ClFNO2. The second-order valence-electron chi connectivity index (χ2n) is 3.78. The van der Waals surface area contributed by atoms with Crippen LogP contribution in [0.2, 0.25) is 5.02 Å². The molecule has 0 bridgehead atoms. The Labute approximate surface area is 115 Å². The van der Waals surface area contributed by atoms with Gasteiger partial charge < -0.3 is 10.1 Å². The largest absolute Gasteiger partial charge is 0.494 e. The second-order valence-corrected chi connectivity index (χ2v) is 4.19. The average Bonchev–Trinajstić information content (AvgIpc) is 2.41. The molecule has 19 heavy (non-hydrogen) atoms. The molecule has 2 rings (SSSR count). The van der Waals surface area contributed by atoms with Crippen LogP contribution in [0, 0.1) is 5.82 Å². The number of amides is 1. The van der Waals surface area contributed by atoms with Crippen LogP contribution in [0.4, 0.5) is 10.1 Å². The van der Waals surface area contributed by atoms with E-state index >= 15 is 0 Å². The molecule has 0 saturated carbocycles. The predicted octanol–water partition coefficient (Wildman–Crippen LogP) is 3.74. The zero-order valence-corrected chi connectivity index (χ0v) is 10.9. The first-order valence-corrected chi connectivity index (χ1v) is 5.89. The second kappa shape index (κ2) is 5.71. The fourth-order valence-electron chi connectivity index (χ4n) is 1.56. The van der Waals surface area contributed by atoms with Gasteiger partial charge in [0.2, 0.25) is 0 Å². The zero-order chi connectivity index (χ0) is 13.8. The van der Waals surface area contributed by atoms with Crippen molar-refractivity contribution in [3.05, 3.63) is 58.9 Å². The molecule has 0 saturated heterocycles. The third kappa shape index (κ3) is 3.03. The van der Waals surface area contributed by atoms with Gasteiger partial charge in [0.05, 0.1) is 17.8 Å². The van der Waals surface area contributed by atoms with Crippen molar-refractivity contribution in [1.29, 1.82) is 0 Å². The molecule has 5 heteroatoms. The molecule has 2 aromatic rings. The van der Waals surface area contributed by atoms with E-state index in [-0.39, 0.29) is 11.3 Å². The normalized spacial score (nSPS) is 10.1. The van der Waals surface area contributed by atoms with Gasteiger partial charge >= 0.3 is 0 Å². The fraction of sp³-hybridized carbons (Fsp3) is 0.0714. The standard InChI is InChI=1S/C14H11ClFNO2/c1-19-13-7-6-9(8-11(13)16)14(18)17-12-5-3-2-4-10(12)15/h2-8H,1H3,(H,17,18). The third-order valence-electron chi connectivity index (χ3n) is 2.54. The van der Waals surface area contributed by atoms with Crippen molar-refractivity contribution in [1.82, 2.24) is 0 Å². The van der Waals surface area contributed by atoms with Gasteiger partial charge in [0.25, 0.3) is 5.91 Å². The number of carbonyl (C=O) groups is 1. The molecule has 98 valence electrons. The highest BCUT2D eigenvalue weighted by atomic mass is 35.5. The molecule has 0 aromatic heterocycles. The molecule has 0 aliphatic carbocycles. The van der Waals surface area contributed by atoms with Gasteiger partial charge in [-0.05, 0) is 30.3 Å². The molecule has 0 aliphatic heterocycles. The maximum atomic E-state index is 13.5. The number of anilines is 1. The van der Waals surface area contributed by atoms with Crippen LogP contribution in [0.3, 0.4) is 0 Å². The Morgan fingerprint density at radius 1 is 1.26 bits per heavy atom. The molecule has 1 N–H and O–H groups in total. The van der Waals surface area contributed by atoms with Crippen molar-refractivity contribution in [3.8, 4) is 5.75 Å². The highest BCUT2D eigenvalue weighted by Gasteiger charge is 2.11. The van der Waals surface area contributed by atoms with Crippen molar-refractivity contribution in [2.24, 2.45) is 0 Å². The number of rotatable bonds is 3. The predicted molar refractivity (Wildman–Crippen MR) is 72.4 cm³/mol. The lowest BCUT2D eigenvalue weighted by Crippen LogP contribution is -2.12. The first-order chi connectivity index (χ1) is 9.11. The van der Waals surface area contributed by atoms with Gasteiger partial charge in [-0.15, -0.1) is 0 Å². The number of halogens is 2. The van der Waals surface area contributed by atoms with E-state index in [1.807, 2.05) is 0 Å². The summed E-state index contributed by atoms with van der Waals surface area (Å²) in [5.74, 6) is -0.932. The van der Waals surface area contributed by atoms with E-state index in [1.165, 1.54) is 19.2 Å². The van der Waals surface area contributed by atoms with E-state index in [2.05, 4.69) is 5.32 Å². The molecule has 2 aromatic carbocycles. The van der Waals surface area contributed by atoms with Crippen LogP contribution < -0.4 is 10.1 Å². The first kappa shape index (κ1) is 13.4. The Bertz CT molecular complexity index is 616. The van der Waals surface area contributed by atoms with Crippen LogP contribution in [-0.2, 0) is 0 Å². The summed E-state index contributed by atoms with van der Waals surface area (Å²) in [6.45, 7) is 0. The number of methoxy groups -OCH3 is 1. The summed E-state index contributed by atoms with van der Waals surface area (Å²) in [6, 6.07) is 10.8. The average molecular weight is 280 g/mol. The molecule has 0 spiro atoms. The minimum atomic E-state index is -0.589. The topological polar surface area (TPSA) is 38.3 Å². The molecule has 0 heterocycles. The minimum absolute atomic E-state index is 0.0919. The number of benzene rings is 2. The van der Waals surface area contributed by atoms with E-state index in [0.29, 0.717) is 10.7 Å². The number of carbonyl (C=O) groups excluding carboxylic acids is 1. The molecule has 1 amide bonds. The Kier molecular flexibility index (Phi) is 4.02. The van der Waals surface area contributed by atoms with Crippen molar-refractivity contribution < 1.29 is 13.9 Å². The van der Waals surface area contributed by atoms with E-state index in [1.54, 1.807) is 24.3 Å². The van der Waals surface area contributed by atoms with E-state index in [4.69, 9.17) is 16.3 Å². The van der Waals surface area contributed by atoms with Crippen molar-refractivity contribution in [3.63, 3.8) is 0 Å². The first-order valence-electron chi connectivity index (χ1n) is 5.51. The molecule has 0 unspecified atom stereocenters. The Morgan fingerprint density at radius 3 is 2.63 bits per heavy atom. The monoisotopic (exact) mass is 279 g/mol. The molecule has 0 aliphatic rings. The summed E-state index contributed by atoms with van der Waals surface area (Å²) >= 11 is 5.93. The summed E-state index contributed by atoms with van der Waals surface area (Å²) < 4.78 is 18.3. The maximum Gasteiger partial charge on any atom is 0.255 e. The van der Waals surface area contributed by atoms with Crippen molar-refractivity contribution >= 4 is 23.2 Å². The quantitative estimate of drug-likeness (QED) is 0.929. The highest BCUT2D eigenvalue weighted by molar-refractivity contribution is 6.33. The van der Waals surface area contributed by atoms with E-state index in [0.717, 1.165) is 6.07 Å². The summed E-state index contributed by atoms with van der Waals surface area (Å²) in [7, 11) is 1.36. The Balaban J connectivity index is 2.21.